The Kier molecular flexibility index (Phi) is 5.22. The van der Waals surface area contributed by atoms with Gasteiger partial charge in [-0.1, -0.05) is 30.3 Å². The summed E-state index contributed by atoms with van der Waals surface area (Å²) >= 11 is 0. The lowest BCUT2D eigenvalue weighted by Crippen LogP contribution is -2.41. The number of halogens is 3. The third kappa shape index (κ3) is 3.93. The average Bonchev–Trinajstić information content (AvgIpc) is 3.16. The maximum atomic E-state index is 13.4. The number of hydrogen-bond acceptors (Lipinski definition) is 5. The van der Waals surface area contributed by atoms with Crippen LogP contribution in [0.4, 0.5) is 13.2 Å². The number of fused-ring (bicyclic) bond motifs is 1. The smallest absolute Gasteiger partial charge is 0.399 e. The third-order valence-corrected chi connectivity index (χ3v) is 7.54. The van der Waals surface area contributed by atoms with Crippen LogP contribution >= 0.6 is 0 Å². The number of rotatable bonds is 4. The van der Waals surface area contributed by atoms with E-state index in [9.17, 15) is 21.6 Å². The highest BCUT2D eigenvalue weighted by molar-refractivity contribution is 7.89. The van der Waals surface area contributed by atoms with E-state index in [1.807, 2.05) is 0 Å². The first-order valence-corrected chi connectivity index (χ1v) is 11.5. The van der Waals surface area contributed by atoms with Gasteiger partial charge < -0.3 is 9.31 Å². The molecule has 0 aliphatic carbocycles. The van der Waals surface area contributed by atoms with Gasteiger partial charge in [0.2, 0.25) is 10.0 Å². The molecule has 0 saturated carbocycles. The summed E-state index contributed by atoms with van der Waals surface area (Å²) in [6, 6.07) is 9.39. The number of aromatic nitrogens is 2. The molecule has 0 amide bonds. The van der Waals surface area contributed by atoms with Gasteiger partial charge in [-0.25, -0.2) is 17.4 Å². The fourth-order valence-corrected chi connectivity index (χ4v) is 4.92. The van der Waals surface area contributed by atoms with E-state index in [0.717, 1.165) is 10.0 Å². The minimum atomic E-state index is -4.64. The van der Waals surface area contributed by atoms with Gasteiger partial charge in [0, 0.05) is 23.2 Å². The minimum absolute atomic E-state index is 0.00922. The molecule has 1 fully saturated rings. The van der Waals surface area contributed by atoms with E-state index < -0.39 is 40.1 Å². The van der Waals surface area contributed by atoms with Crippen LogP contribution in [0.1, 0.15) is 38.8 Å². The van der Waals surface area contributed by atoms with E-state index in [4.69, 9.17) is 9.31 Å². The van der Waals surface area contributed by atoms with Crippen molar-refractivity contribution in [2.45, 2.75) is 50.8 Å². The fourth-order valence-electron chi connectivity index (χ4n) is 3.48. The SMILES string of the molecule is CC1(C)OB(c2cn(S(=O)(=O)Cc3ccccc3)c3ncc(C(F)(F)F)cc23)OC1(C)C. The van der Waals surface area contributed by atoms with Crippen molar-refractivity contribution in [1.82, 2.24) is 8.96 Å². The molecule has 6 nitrogen and oxygen atoms in total. The molecule has 1 saturated heterocycles. The second kappa shape index (κ2) is 7.33. The van der Waals surface area contributed by atoms with Crippen molar-refractivity contribution in [2.24, 2.45) is 0 Å². The zero-order valence-corrected chi connectivity index (χ0v) is 18.8. The molecule has 1 aliphatic heterocycles. The monoisotopic (exact) mass is 466 g/mol. The molecule has 2 aromatic heterocycles. The Morgan fingerprint density at radius 2 is 1.66 bits per heavy atom. The predicted octanol–water partition coefficient (Wildman–Crippen LogP) is 3.73. The highest BCUT2D eigenvalue weighted by Crippen LogP contribution is 2.38. The second-order valence-corrected chi connectivity index (χ2v) is 10.6. The number of pyridine rings is 1. The molecule has 0 atom stereocenters. The molecule has 3 heterocycles. The van der Waals surface area contributed by atoms with Crippen LogP contribution < -0.4 is 5.46 Å². The molecule has 32 heavy (non-hydrogen) atoms. The Hall–Kier alpha value is -2.37. The molecule has 0 radical (unpaired) electrons. The largest absolute Gasteiger partial charge is 0.497 e. The third-order valence-electron chi connectivity index (χ3n) is 5.97. The average molecular weight is 466 g/mol. The zero-order chi connectivity index (χ0) is 23.5. The molecule has 3 aromatic rings. The summed E-state index contributed by atoms with van der Waals surface area (Å²) in [7, 11) is -5.05. The van der Waals surface area contributed by atoms with Crippen LogP contribution in [0.15, 0.2) is 48.8 Å². The van der Waals surface area contributed by atoms with Gasteiger partial charge in [-0.15, -0.1) is 0 Å². The summed E-state index contributed by atoms with van der Waals surface area (Å²) in [5.41, 5.74) is -1.90. The lowest BCUT2D eigenvalue weighted by atomic mass is 9.79. The van der Waals surface area contributed by atoms with Gasteiger partial charge in [0.05, 0.1) is 22.5 Å². The van der Waals surface area contributed by atoms with E-state index >= 15 is 0 Å². The quantitative estimate of drug-likeness (QED) is 0.549. The maximum absolute atomic E-state index is 13.4. The van der Waals surface area contributed by atoms with Crippen LogP contribution in [0.3, 0.4) is 0 Å². The van der Waals surface area contributed by atoms with Crippen molar-refractivity contribution >= 4 is 33.6 Å². The van der Waals surface area contributed by atoms with Crippen LogP contribution in [0.2, 0.25) is 0 Å². The van der Waals surface area contributed by atoms with Crippen LogP contribution in [0.25, 0.3) is 11.0 Å². The highest BCUT2D eigenvalue weighted by Gasteiger charge is 2.52. The number of nitrogens with zero attached hydrogens (tertiary/aromatic N) is 2. The Labute approximate surface area is 184 Å². The fraction of sp³-hybridized carbons (Fsp3) is 0.381. The summed E-state index contributed by atoms with van der Waals surface area (Å²) < 4.78 is 79.4. The maximum Gasteiger partial charge on any atom is 0.497 e. The first-order valence-electron chi connectivity index (χ1n) is 9.92. The Bertz CT molecular complexity index is 1260. The summed E-state index contributed by atoms with van der Waals surface area (Å²) in [6.07, 6.45) is -2.76. The highest BCUT2D eigenvalue weighted by atomic mass is 32.2. The molecule has 1 aliphatic rings. The number of benzene rings is 1. The molecule has 11 heteroatoms. The lowest BCUT2D eigenvalue weighted by molar-refractivity contribution is -0.137. The van der Waals surface area contributed by atoms with Crippen LogP contribution in [0.5, 0.6) is 0 Å². The van der Waals surface area contributed by atoms with Crippen molar-refractivity contribution < 1.29 is 30.9 Å². The lowest BCUT2D eigenvalue weighted by Gasteiger charge is -2.32. The Balaban J connectivity index is 1.88. The molecular formula is C21H22BF3N2O4S. The van der Waals surface area contributed by atoms with E-state index in [0.29, 0.717) is 11.8 Å². The van der Waals surface area contributed by atoms with Gasteiger partial charge in [-0.3, -0.25) is 0 Å². The van der Waals surface area contributed by atoms with E-state index in [2.05, 4.69) is 4.98 Å². The predicted molar refractivity (Wildman–Crippen MR) is 115 cm³/mol. The van der Waals surface area contributed by atoms with Crippen molar-refractivity contribution in [1.29, 1.82) is 0 Å². The van der Waals surface area contributed by atoms with Crippen molar-refractivity contribution in [3.05, 3.63) is 59.9 Å². The first kappa shape index (κ1) is 22.8. The minimum Gasteiger partial charge on any atom is -0.399 e. The summed E-state index contributed by atoms with van der Waals surface area (Å²) in [6.45, 7) is 7.21. The van der Waals surface area contributed by atoms with Gasteiger partial charge in [0.15, 0.2) is 5.65 Å². The van der Waals surface area contributed by atoms with Crippen LogP contribution in [-0.2, 0) is 31.3 Å². The van der Waals surface area contributed by atoms with Gasteiger partial charge in [-0.05, 0) is 39.3 Å². The van der Waals surface area contributed by atoms with E-state index in [1.54, 1.807) is 58.0 Å². The topological polar surface area (TPSA) is 70.4 Å². The Morgan fingerprint density at radius 1 is 1.06 bits per heavy atom. The standard InChI is InChI=1S/C21H22BF3N2O4S/c1-19(2)20(3,4)31-22(30-19)17-12-27(32(28,29)13-14-8-6-5-7-9-14)18-16(17)10-15(11-26-18)21(23,24)25/h5-12H,13H2,1-4H3. The molecule has 4 rings (SSSR count). The van der Waals surface area contributed by atoms with Crippen molar-refractivity contribution in [3.63, 3.8) is 0 Å². The van der Waals surface area contributed by atoms with Gasteiger partial charge in [-0.2, -0.15) is 13.2 Å². The molecular weight excluding hydrogens is 444 g/mol. The summed E-state index contributed by atoms with van der Waals surface area (Å²) in [4.78, 5) is 3.87. The number of alkyl halides is 3. The van der Waals surface area contributed by atoms with Gasteiger partial charge in [0.1, 0.15) is 0 Å². The summed E-state index contributed by atoms with van der Waals surface area (Å²) in [5.74, 6) is -0.344. The van der Waals surface area contributed by atoms with E-state index in [1.165, 1.54) is 6.20 Å². The molecule has 170 valence electrons. The van der Waals surface area contributed by atoms with Crippen molar-refractivity contribution in [3.8, 4) is 0 Å². The van der Waals surface area contributed by atoms with Crippen LogP contribution in [0, 0.1) is 0 Å². The zero-order valence-electron chi connectivity index (χ0n) is 18.0. The second-order valence-electron chi connectivity index (χ2n) is 8.80. The van der Waals surface area contributed by atoms with Crippen molar-refractivity contribution in [2.75, 3.05) is 0 Å². The molecule has 0 spiro atoms. The normalized spacial score (nSPS) is 18.4. The summed E-state index contributed by atoms with van der Waals surface area (Å²) in [5, 5.41) is 0.00922. The van der Waals surface area contributed by atoms with Crippen LogP contribution in [-0.4, -0.2) is 35.7 Å². The van der Waals surface area contributed by atoms with E-state index in [-0.39, 0.29) is 22.2 Å². The molecule has 0 unspecified atom stereocenters. The first-order chi connectivity index (χ1) is 14.7. The molecule has 0 bridgehead atoms. The van der Waals surface area contributed by atoms with Gasteiger partial charge in [0.25, 0.3) is 0 Å². The van der Waals surface area contributed by atoms with Gasteiger partial charge >= 0.3 is 13.3 Å². The molecule has 1 aromatic carbocycles. The Morgan fingerprint density at radius 3 is 2.22 bits per heavy atom. The molecule has 0 N–H and O–H groups in total. The number of hydrogen-bond donors (Lipinski definition) is 0.